The van der Waals surface area contributed by atoms with Gasteiger partial charge in [0.05, 0.1) is 0 Å². The van der Waals surface area contributed by atoms with Crippen molar-refractivity contribution in [2.45, 2.75) is 52.6 Å². The summed E-state index contributed by atoms with van der Waals surface area (Å²) in [4.78, 5) is 24.8. The highest BCUT2D eigenvalue weighted by atomic mass is 19.1. The van der Waals surface area contributed by atoms with Crippen LogP contribution in [0.5, 0.6) is 0 Å². The van der Waals surface area contributed by atoms with Crippen LogP contribution in [0.3, 0.4) is 0 Å². The van der Waals surface area contributed by atoms with E-state index in [9.17, 15) is 14.0 Å². The Balaban J connectivity index is 2.62. The molecule has 0 radical (unpaired) electrons. The van der Waals surface area contributed by atoms with Gasteiger partial charge in [0.2, 0.25) is 5.91 Å². The van der Waals surface area contributed by atoms with E-state index in [1.165, 1.54) is 11.8 Å². The van der Waals surface area contributed by atoms with Gasteiger partial charge in [-0.2, -0.15) is 0 Å². The van der Waals surface area contributed by atoms with Crippen molar-refractivity contribution in [3.05, 3.63) is 0 Å². The summed E-state index contributed by atoms with van der Waals surface area (Å²) in [6.45, 7) is 7.92. The maximum absolute atomic E-state index is 14.5. The predicted molar refractivity (Wildman–Crippen MR) is 72.1 cm³/mol. The minimum Gasteiger partial charge on any atom is -0.369 e. The number of primary amides is 1. The molecule has 5 heteroatoms. The summed E-state index contributed by atoms with van der Waals surface area (Å²) in [7, 11) is 0. The van der Waals surface area contributed by atoms with Crippen molar-refractivity contribution >= 4 is 11.8 Å². The van der Waals surface area contributed by atoms with Gasteiger partial charge in [-0.05, 0) is 31.6 Å². The third-order valence-electron chi connectivity index (χ3n) is 3.49. The maximum Gasteiger partial charge on any atom is 0.259 e. The molecule has 1 unspecified atom stereocenters. The molecule has 0 saturated carbocycles. The lowest BCUT2D eigenvalue weighted by molar-refractivity contribution is -0.147. The van der Waals surface area contributed by atoms with Crippen molar-refractivity contribution in [3.8, 4) is 0 Å². The van der Waals surface area contributed by atoms with Gasteiger partial charge in [0.25, 0.3) is 5.91 Å². The number of amides is 2. The molecule has 1 heterocycles. The van der Waals surface area contributed by atoms with Crippen molar-refractivity contribution < 1.29 is 14.0 Å². The Labute approximate surface area is 114 Å². The van der Waals surface area contributed by atoms with Crippen LogP contribution in [0.4, 0.5) is 4.39 Å². The molecule has 1 aliphatic rings. The van der Waals surface area contributed by atoms with Gasteiger partial charge in [0, 0.05) is 19.0 Å². The van der Waals surface area contributed by atoms with Crippen LogP contribution >= 0.6 is 0 Å². The van der Waals surface area contributed by atoms with Crippen LogP contribution in [0, 0.1) is 11.3 Å². The van der Waals surface area contributed by atoms with Gasteiger partial charge in [0.1, 0.15) is 0 Å². The number of piperidine rings is 1. The SMILES string of the molecule is CC(C)(C)CC(C)(F)C(=O)N1CCC(C(N)=O)CC1. The Morgan fingerprint density at radius 3 is 2.05 bits per heavy atom. The van der Waals surface area contributed by atoms with E-state index in [-0.39, 0.29) is 23.7 Å². The number of carbonyl (C=O) groups is 2. The zero-order chi connectivity index (χ0) is 14.8. The number of halogens is 1. The number of likely N-dealkylation sites (tertiary alicyclic amines) is 1. The Bertz CT molecular complexity index is 353. The number of rotatable bonds is 3. The van der Waals surface area contributed by atoms with Crippen LogP contribution in [0.1, 0.15) is 47.0 Å². The summed E-state index contributed by atoms with van der Waals surface area (Å²) < 4.78 is 14.5. The van der Waals surface area contributed by atoms with E-state index in [0.29, 0.717) is 25.9 Å². The molecule has 0 bridgehead atoms. The summed E-state index contributed by atoms with van der Waals surface area (Å²) in [6.07, 6.45) is 1.26. The lowest BCUT2D eigenvalue weighted by Crippen LogP contribution is -2.50. The fourth-order valence-corrected chi connectivity index (χ4v) is 2.77. The van der Waals surface area contributed by atoms with Gasteiger partial charge in [-0.1, -0.05) is 20.8 Å². The molecule has 2 N–H and O–H groups in total. The van der Waals surface area contributed by atoms with Gasteiger partial charge in [-0.3, -0.25) is 9.59 Å². The van der Waals surface area contributed by atoms with E-state index >= 15 is 0 Å². The normalized spacial score (nSPS) is 21.0. The van der Waals surface area contributed by atoms with Crippen LogP contribution in [-0.4, -0.2) is 35.5 Å². The molecule has 1 saturated heterocycles. The molecule has 1 fully saturated rings. The summed E-state index contributed by atoms with van der Waals surface area (Å²) in [5.41, 5.74) is 3.15. The minimum atomic E-state index is -1.85. The zero-order valence-corrected chi connectivity index (χ0v) is 12.3. The van der Waals surface area contributed by atoms with E-state index in [4.69, 9.17) is 5.73 Å². The largest absolute Gasteiger partial charge is 0.369 e. The van der Waals surface area contributed by atoms with Crippen molar-refractivity contribution in [3.63, 3.8) is 0 Å². The molecule has 1 atom stereocenters. The Kier molecular flexibility index (Phi) is 4.59. The highest BCUT2D eigenvalue weighted by Gasteiger charge is 2.41. The number of hydrogen-bond donors (Lipinski definition) is 1. The number of nitrogens with two attached hydrogens (primary N) is 1. The Hall–Kier alpha value is -1.13. The first-order chi connectivity index (χ1) is 8.53. The predicted octanol–water partition coefficient (Wildman–Crippen LogP) is 1.87. The molecule has 0 spiro atoms. The zero-order valence-electron chi connectivity index (χ0n) is 12.3. The average Bonchev–Trinajstić information content (AvgIpc) is 2.25. The monoisotopic (exact) mass is 272 g/mol. The Morgan fingerprint density at radius 1 is 1.21 bits per heavy atom. The summed E-state index contributed by atoms with van der Waals surface area (Å²) >= 11 is 0. The van der Waals surface area contributed by atoms with E-state index in [1.807, 2.05) is 20.8 Å². The van der Waals surface area contributed by atoms with Crippen LogP contribution < -0.4 is 5.73 Å². The molecule has 0 aromatic carbocycles. The smallest absolute Gasteiger partial charge is 0.259 e. The lowest BCUT2D eigenvalue weighted by atomic mass is 9.82. The fraction of sp³-hybridized carbons (Fsp3) is 0.857. The van der Waals surface area contributed by atoms with E-state index in [1.54, 1.807) is 0 Å². The highest BCUT2D eigenvalue weighted by Crippen LogP contribution is 2.32. The second-order valence-electron chi connectivity index (χ2n) is 6.90. The van der Waals surface area contributed by atoms with E-state index in [2.05, 4.69) is 0 Å². The van der Waals surface area contributed by atoms with Crippen molar-refractivity contribution in [2.75, 3.05) is 13.1 Å². The molecule has 4 nitrogen and oxygen atoms in total. The molecule has 1 aliphatic heterocycles. The molecular weight excluding hydrogens is 247 g/mol. The third kappa shape index (κ3) is 4.48. The molecular formula is C14H25FN2O2. The van der Waals surface area contributed by atoms with Gasteiger partial charge in [0.15, 0.2) is 5.67 Å². The van der Waals surface area contributed by atoms with Gasteiger partial charge >= 0.3 is 0 Å². The van der Waals surface area contributed by atoms with Gasteiger partial charge in [-0.15, -0.1) is 0 Å². The summed E-state index contributed by atoms with van der Waals surface area (Å²) in [5, 5.41) is 0. The number of alkyl halides is 1. The molecule has 110 valence electrons. The molecule has 2 amide bonds. The average molecular weight is 272 g/mol. The van der Waals surface area contributed by atoms with Crippen LogP contribution in [0.25, 0.3) is 0 Å². The van der Waals surface area contributed by atoms with Gasteiger partial charge in [-0.25, -0.2) is 4.39 Å². The van der Waals surface area contributed by atoms with Gasteiger partial charge < -0.3 is 10.6 Å². The first-order valence-electron chi connectivity index (χ1n) is 6.80. The topological polar surface area (TPSA) is 63.4 Å². The second kappa shape index (κ2) is 5.47. The molecule has 0 aliphatic carbocycles. The number of carbonyl (C=O) groups excluding carboxylic acids is 2. The number of nitrogens with zero attached hydrogens (tertiary/aromatic N) is 1. The van der Waals surface area contributed by atoms with Crippen LogP contribution in [-0.2, 0) is 9.59 Å². The molecule has 19 heavy (non-hydrogen) atoms. The van der Waals surface area contributed by atoms with Crippen molar-refractivity contribution in [1.29, 1.82) is 0 Å². The first kappa shape index (κ1) is 15.9. The number of hydrogen-bond acceptors (Lipinski definition) is 2. The van der Waals surface area contributed by atoms with Crippen molar-refractivity contribution in [1.82, 2.24) is 4.90 Å². The lowest BCUT2D eigenvalue weighted by Gasteiger charge is -2.36. The minimum absolute atomic E-state index is 0.183. The summed E-state index contributed by atoms with van der Waals surface area (Å²) in [6, 6.07) is 0. The van der Waals surface area contributed by atoms with Crippen LogP contribution in [0.15, 0.2) is 0 Å². The van der Waals surface area contributed by atoms with E-state index < -0.39 is 11.6 Å². The highest BCUT2D eigenvalue weighted by molar-refractivity contribution is 5.85. The Morgan fingerprint density at radius 2 is 1.68 bits per heavy atom. The van der Waals surface area contributed by atoms with Crippen LogP contribution in [0.2, 0.25) is 0 Å². The third-order valence-corrected chi connectivity index (χ3v) is 3.49. The summed E-state index contributed by atoms with van der Waals surface area (Å²) in [5.74, 6) is -0.979. The molecule has 0 aromatic heterocycles. The quantitative estimate of drug-likeness (QED) is 0.852. The maximum atomic E-state index is 14.5. The standard InChI is InChI=1S/C14H25FN2O2/c1-13(2,3)9-14(4,15)12(19)17-7-5-10(6-8-17)11(16)18/h10H,5-9H2,1-4H3,(H2,16,18). The fourth-order valence-electron chi connectivity index (χ4n) is 2.77. The van der Waals surface area contributed by atoms with E-state index in [0.717, 1.165) is 0 Å². The second-order valence-corrected chi connectivity index (χ2v) is 6.90. The van der Waals surface area contributed by atoms with Crippen molar-refractivity contribution in [2.24, 2.45) is 17.1 Å². The first-order valence-corrected chi connectivity index (χ1v) is 6.80. The molecule has 0 aromatic rings. The molecule has 1 rings (SSSR count).